The van der Waals surface area contributed by atoms with Crippen molar-refractivity contribution in [1.82, 2.24) is 0 Å². The van der Waals surface area contributed by atoms with Gasteiger partial charge in [0.2, 0.25) is 0 Å². The predicted octanol–water partition coefficient (Wildman–Crippen LogP) is 2.83. The first-order valence-electron chi connectivity index (χ1n) is 4.53. The van der Waals surface area contributed by atoms with E-state index in [1.807, 2.05) is 19.1 Å². The van der Waals surface area contributed by atoms with Crippen LogP contribution in [0.25, 0.3) is 0 Å². The maximum absolute atomic E-state index is 5.23. The summed E-state index contributed by atoms with van der Waals surface area (Å²) in [5.41, 5.74) is 2.24. The molecule has 0 aromatic heterocycles. The van der Waals surface area contributed by atoms with Crippen LogP contribution in [0.3, 0.4) is 0 Å². The molecule has 14 heavy (non-hydrogen) atoms. The Balaban J connectivity index is 3.01. The van der Waals surface area contributed by atoms with E-state index >= 15 is 0 Å². The average Bonchev–Trinajstić information content (AvgIpc) is 2.18. The molecule has 0 heterocycles. The summed E-state index contributed by atoms with van der Waals surface area (Å²) < 4.78 is 10.3. The molecule has 0 aliphatic carbocycles. The van der Waals surface area contributed by atoms with Crippen molar-refractivity contribution in [1.29, 1.82) is 0 Å². The Morgan fingerprint density at radius 2 is 2.07 bits per heavy atom. The Bertz CT molecular complexity index is 297. The second kappa shape index (κ2) is 5.27. The van der Waals surface area contributed by atoms with Crippen molar-refractivity contribution in [2.24, 2.45) is 0 Å². The zero-order valence-corrected chi connectivity index (χ0v) is 9.67. The third kappa shape index (κ3) is 2.66. The van der Waals surface area contributed by atoms with Crippen molar-refractivity contribution < 1.29 is 9.47 Å². The molecule has 0 bridgehead atoms. The van der Waals surface area contributed by atoms with Crippen molar-refractivity contribution in [2.45, 2.75) is 18.8 Å². The molecule has 0 fully saturated rings. The van der Waals surface area contributed by atoms with Crippen molar-refractivity contribution in [2.75, 3.05) is 14.2 Å². The molecule has 0 aliphatic heterocycles. The molecular weight excluding hydrogens is 196 g/mol. The highest BCUT2D eigenvalue weighted by molar-refractivity contribution is 7.80. The molecule has 78 valence electrons. The Morgan fingerprint density at radius 1 is 1.36 bits per heavy atom. The maximum Gasteiger partial charge on any atom is 0.124 e. The molecule has 0 spiro atoms. The van der Waals surface area contributed by atoms with Gasteiger partial charge in [-0.15, -0.1) is 0 Å². The molecule has 0 saturated heterocycles. The minimum Gasteiger partial charge on any atom is -0.496 e. The lowest BCUT2D eigenvalue weighted by molar-refractivity contribution is 0.181. The summed E-state index contributed by atoms with van der Waals surface area (Å²) in [4.78, 5) is 0. The highest BCUT2D eigenvalue weighted by atomic mass is 32.1. The second-order valence-corrected chi connectivity index (χ2v) is 3.95. The minimum absolute atomic E-state index is 0.233. The first kappa shape index (κ1) is 11.4. The third-order valence-corrected chi connectivity index (χ3v) is 2.38. The van der Waals surface area contributed by atoms with Crippen molar-refractivity contribution >= 4 is 12.6 Å². The minimum atomic E-state index is 0.233. The fourth-order valence-corrected chi connectivity index (χ4v) is 1.49. The molecule has 1 aromatic rings. The third-order valence-electron chi connectivity index (χ3n) is 2.09. The normalized spacial score (nSPS) is 12.6. The molecule has 0 saturated carbocycles. The predicted molar refractivity (Wildman–Crippen MR) is 61.1 cm³/mol. The number of benzene rings is 1. The Labute approximate surface area is 90.6 Å². The van der Waals surface area contributed by atoms with Crippen LogP contribution in [0.15, 0.2) is 18.2 Å². The molecule has 0 N–H and O–H groups in total. The van der Waals surface area contributed by atoms with Crippen LogP contribution in [-0.4, -0.2) is 14.2 Å². The zero-order chi connectivity index (χ0) is 10.6. The van der Waals surface area contributed by atoms with E-state index in [-0.39, 0.29) is 5.25 Å². The van der Waals surface area contributed by atoms with Crippen molar-refractivity contribution in [3.63, 3.8) is 0 Å². The molecule has 1 atom stereocenters. The van der Waals surface area contributed by atoms with Gasteiger partial charge in [-0.2, -0.15) is 12.6 Å². The molecule has 1 aromatic carbocycles. The van der Waals surface area contributed by atoms with Crippen LogP contribution < -0.4 is 4.74 Å². The molecule has 2 nitrogen and oxygen atoms in total. The summed E-state index contributed by atoms with van der Waals surface area (Å²) >= 11 is 4.38. The number of hydrogen-bond acceptors (Lipinski definition) is 3. The van der Waals surface area contributed by atoms with Crippen LogP contribution in [0.4, 0.5) is 0 Å². The van der Waals surface area contributed by atoms with Crippen LogP contribution >= 0.6 is 12.6 Å². The summed E-state index contributed by atoms with van der Waals surface area (Å²) in [6.07, 6.45) is 0. The molecule has 1 unspecified atom stereocenters. The van der Waals surface area contributed by atoms with Crippen LogP contribution in [-0.2, 0) is 11.3 Å². The molecule has 1 rings (SSSR count). The van der Waals surface area contributed by atoms with Crippen molar-refractivity contribution in [3.8, 4) is 5.75 Å². The first-order valence-corrected chi connectivity index (χ1v) is 5.04. The van der Waals surface area contributed by atoms with Gasteiger partial charge in [0.05, 0.1) is 13.7 Å². The number of ether oxygens (including phenoxy) is 2. The van der Waals surface area contributed by atoms with E-state index in [0.717, 1.165) is 11.3 Å². The van der Waals surface area contributed by atoms with Gasteiger partial charge in [0.1, 0.15) is 5.75 Å². The van der Waals surface area contributed by atoms with Gasteiger partial charge in [-0.05, 0) is 24.6 Å². The fraction of sp³-hybridized carbons (Fsp3) is 0.455. The van der Waals surface area contributed by atoms with E-state index in [0.29, 0.717) is 6.61 Å². The van der Waals surface area contributed by atoms with Crippen molar-refractivity contribution in [3.05, 3.63) is 29.3 Å². The highest BCUT2D eigenvalue weighted by Gasteiger charge is 2.06. The van der Waals surface area contributed by atoms with Gasteiger partial charge in [0.15, 0.2) is 0 Å². The summed E-state index contributed by atoms with van der Waals surface area (Å²) in [5.74, 6) is 0.865. The average molecular weight is 212 g/mol. The molecular formula is C11H16O2S. The SMILES string of the molecule is COCc1cc(C(C)S)ccc1OC. The van der Waals surface area contributed by atoms with Gasteiger partial charge in [-0.3, -0.25) is 0 Å². The summed E-state index contributed by atoms with van der Waals surface area (Å²) in [6.45, 7) is 2.61. The molecule has 0 amide bonds. The monoisotopic (exact) mass is 212 g/mol. The Hall–Kier alpha value is -0.670. The van der Waals surface area contributed by atoms with E-state index in [9.17, 15) is 0 Å². The largest absolute Gasteiger partial charge is 0.496 e. The number of methoxy groups -OCH3 is 2. The van der Waals surface area contributed by atoms with E-state index in [1.165, 1.54) is 5.56 Å². The molecule has 0 aliphatic rings. The van der Waals surface area contributed by atoms with Crippen LogP contribution in [0.5, 0.6) is 5.75 Å². The van der Waals surface area contributed by atoms with E-state index in [1.54, 1.807) is 14.2 Å². The van der Waals surface area contributed by atoms with Gasteiger partial charge >= 0.3 is 0 Å². The lowest BCUT2D eigenvalue weighted by Gasteiger charge is -2.11. The number of thiol groups is 1. The van der Waals surface area contributed by atoms with Crippen LogP contribution in [0.1, 0.15) is 23.3 Å². The maximum atomic E-state index is 5.23. The standard InChI is InChI=1S/C11H16O2S/c1-8(14)9-4-5-11(13-3)10(6-9)7-12-2/h4-6,8,14H,7H2,1-3H3. The lowest BCUT2D eigenvalue weighted by Crippen LogP contribution is -1.96. The Morgan fingerprint density at radius 3 is 2.57 bits per heavy atom. The van der Waals surface area contributed by atoms with Gasteiger partial charge in [-0.1, -0.05) is 6.07 Å². The van der Waals surface area contributed by atoms with Gasteiger partial charge in [0, 0.05) is 17.9 Å². The van der Waals surface area contributed by atoms with Crippen LogP contribution in [0, 0.1) is 0 Å². The molecule has 3 heteroatoms. The molecule has 0 radical (unpaired) electrons. The van der Waals surface area contributed by atoms with Gasteiger partial charge in [0.25, 0.3) is 0 Å². The highest BCUT2D eigenvalue weighted by Crippen LogP contribution is 2.26. The topological polar surface area (TPSA) is 18.5 Å². The first-order chi connectivity index (χ1) is 6.69. The van der Waals surface area contributed by atoms with Crippen LogP contribution in [0.2, 0.25) is 0 Å². The summed E-state index contributed by atoms with van der Waals surface area (Å²) in [6, 6.07) is 6.05. The van der Waals surface area contributed by atoms with Gasteiger partial charge < -0.3 is 9.47 Å². The fourth-order valence-electron chi connectivity index (χ4n) is 1.33. The van der Waals surface area contributed by atoms with E-state index < -0.39 is 0 Å². The second-order valence-electron chi connectivity index (χ2n) is 3.18. The smallest absolute Gasteiger partial charge is 0.124 e. The lowest BCUT2D eigenvalue weighted by atomic mass is 10.1. The van der Waals surface area contributed by atoms with E-state index in [4.69, 9.17) is 9.47 Å². The number of rotatable bonds is 4. The quantitative estimate of drug-likeness (QED) is 0.774. The van der Waals surface area contributed by atoms with E-state index in [2.05, 4.69) is 18.7 Å². The summed E-state index contributed by atoms with van der Waals surface area (Å²) in [7, 11) is 3.34. The number of hydrogen-bond donors (Lipinski definition) is 1. The zero-order valence-electron chi connectivity index (χ0n) is 8.78. The van der Waals surface area contributed by atoms with Gasteiger partial charge in [-0.25, -0.2) is 0 Å². The Kier molecular flexibility index (Phi) is 4.29. The summed E-state index contributed by atoms with van der Waals surface area (Å²) in [5, 5.41) is 0.233.